The molecule has 0 bridgehead atoms. The van der Waals surface area contributed by atoms with Crippen molar-refractivity contribution in [1.29, 1.82) is 0 Å². The second kappa shape index (κ2) is 7.76. The van der Waals surface area contributed by atoms with Gasteiger partial charge in [-0.05, 0) is 56.0 Å². The van der Waals surface area contributed by atoms with Crippen molar-refractivity contribution in [3.8, 4) is 0 Å². The Hall–Kier alpha value is -2.16. The van der Waals surface area contributed by atoms with Crippen molar-refractivity contribution in [3.63, 3.8) is 0 Å². The van der Waals surface area contributed by atoms with Crippen LogP contribution in [0, 0.1) is 13.8 Å². The van der Waals surface area contributed by atoms with Crippen molar-refractivity contribution in [3.05, 3.63) is 59.8 Å². The largest absolute Gasteiger partial charge is 0.355 e. The first kappa shape index (κ1) is 20.7. The highest BCUT2D eigenvalue weighted by Crippen LogP contribution is 2.47. The Labute approximate surface area is 187 Å². The Kier molecular flexibility index (Phi) is 5.19. The van der Waals surface area contributed by atoms with E-state index in [4.69, 9.17) is 4.98 Å². The summed E-state index contributed by atoms with van der Waals surface area (Å²) in [6.45, 7) is 5.91. The highest BCUT2D eigenvalue weighted by Gasteiger charge is 2.50. The summed E-state index contributed by atoms with van der Waals surface area (Å²) in [7, 11) is -3.54. The smallest absolute Gasteiger partial charge is 0.244 e. The molecule has 0 radical (unpaired) electrons. The van der Waals surface area contributed by atoms with Crippen LogP contribution < -0.4 is 4.90 Å². The van der Waals surface area contributed by atoms with Gasteiger partial charge < -0.3 is 4.90 Å². The molecular formula is C23H26N4O2S2. The number of hydrogen-bond acceptors (Lipinski definition) is 6. The lowest BCUT2D eigenvalue weighted by Crippen LogP contribution is -2.52. The molecule has 2 aromatic carbocycles. The van der Waals surface area contributed by atoms with Gasteiger partial charge in [-0.3, -0.25) is 4.98 Å². The summed E-state index contributed by atoms with van der Waals surface area (Å²) in [6, 6.07) is 13.5. The van der Waals surface area contributed by atoms with Gasteiger partial charge in [0.25, 0.3) is 0 Å². The van der Waals surface area contributed by atoms with E-state index in [2.05, 4.69) is 9.88 Å². The zero-order chi connectivity index (χ0) is 21.6. The first-order valence-corrected chi connectivity index (χ1v) is 13.0. The predicted molar refractivity (Wildman–Crippen MR) is 126 cm³/mol. The highest BCUT2D eigenvalue weighted by molar-refractivity contribution is 8.02. The molecule has 2 fully saturated rings. The van der Waals surface area contributed by atoms with E-state index in [1.165, 1.54) is 0 Å². The van der Waals surface area contributed by atoms with E-state index >= 15 is 0 Å². The minimum absolute atomic E-state index is 0.379. The summed E-state index contributed by atoms with van der Waals surface area (Å²) in [5, 5.41) is 0. The molecule has 162 valence electrons. The van der Waals surface area contributed by atoms with E-state index in [0.717, 1.165) is 59.7 Å². The number of rotatable bonds is 3. The summed E-state index contributed by atoms with van der Waals surface area (Å²) in [5.41, 5.74) is 3.54. The van der Waals surface area contributed by atoms with E-state index < -0.39 is 10.0 Å². The molecule has 0 N–H and O–H groups in total. The first-order valence-electron chi connectivity index (χ1n) is 10.6. The Morgan fingerprint density at radius 2 is 1.74 bits per heavy atom. The average molecular weight is 455 g/mol. The van der Waals surface area contributed by atoms with Crippen LogP contribution in [-0.2, 0) is 10.0 Å². The van der Waals surface area contributed by atoms with E-state index in [1.807, 2.05) is 56.4 Å². The molecule has 8 heteroatoms. The zero-order valence-electron chi connectivity index (χ0n) is 17.8. The minimum Gasteiger partial charge on any atom is -0.355 e. The molecule has 31 heavy (non-hydrogen) atoms. The van der Waals surface area contributed by atoms with Crippen molar-refractivity contribution in [2.45, 2.75) is 36.5 Å². The molecule has 0 saturated carbocycles. The molecule has 0 unspecified atom stereocenters. The number of thioether (sulfide) groups is 1. The Morgan fingerprint density at radius 3 is 2.52 bits per heavy atom. The van der Waals surface area contributed by atoms with Crippen LogP contribution in [0.4, 0.5) is 5.82 Å². The summed E-state index contributed by atoms with van der Waals surface area (Å²) < 4.78 is 29.1. The third-order valence-electron chi connectivity index (χ3n) is 6.34. The van der Waals surface area contributed by atoms with Crippen LogP contribution in [-0.4, -0.2) is 52.9 Å². The average Bonchev–Trinajstić information content (AvgIpc) is 3.19. The molecule has 2 aliphatic heterocycles. The SMILES string of the molecule is Cc1ccc(C)c(S(=O)(=O)N2CCSC23CCN(c2cnc4ccccc4n2)CC3)c1. The lowest BCUT2D eigenvalue weighted by Gasteiger charge is -2.43. The number of nitrogens with zero attached hydrogens (tertiary/aromatic N) is 4. The third kappa shape index (κ3) is 3.60. The second-order valence-electron chi connectivity index (χ2n) is 8.34. The molecule has 6 nitrogen and oxygen atoms in total. The van der Waals surface area contributed by atoms with E-state index in [9.17, 15) is 8.42 Å². The summed E-state index contributed by atoms with van der Waals surface area (Å²) >= 11 is 1.79. The Bertz CT molecular complexity index is 1240. The van der Waals surface area contributed by atoms with Gasteiger partial charge in [-0.25, -0.2) is 13.4 Å². The number of hydrogen-bond donors (Lipinski definition) is 0. The van der Waals surface area contributed by atoms with Crippen LogP contribution in [0.25, 0.3) is 11.0 Å². The molecule has 5 rings (SSSR count). The van der Waals surface area contributed by atoms with Crippen molar-refractivity contribution in [2.24, 2.45) is 0 Å². The van der Waals surface area contributed by atoms with E-state index in [0.29, 0.717) is 11.4 Å². The third-order valence-corrected chi connectivity index (χ3v) is 10.1. The summed E-state index contributed by atoms with van der Waals surface area (Å²) in [5.74, 6) is 1.69. The summed E-state index contributed by atoms with van der Waals surface area (Å²) in [4.78, 5) is 11.6. The standard InChI is InChI=1S/C23H26N4O2S2/c1-17-7-8-18(2)21(15-17)31(28,29)27-13-14-30-23(27)9-11-26(12-10-23)22-16-24-19-5-3-4-6-20(19)25-22/h3-8,15-16H,9-14H2,1-2H3. The maximum Gasteiger partial charge on any atom is 0.244 e. The van der Waals surface area contributed by atoms with Crippen molar-refractivity contribution < 1.29 is 8.42 Å². The monoisotopic (exact) mass is 454 g/mol. The van der Waals surface area contributed by atoms with Gasteiger partial charge in [-0.2, -0.15) is 4.31 Å². The number of anilines is 1. The van der Waals surface area contributed by atoms with Crippen molar-refractivity contribution >= 4 is 38.6 Å². The van der Waals surface area contributed by atoms with E-state index in [1.54, 1.807) is 22.1 Å². The predicted octanol–water partition coefficient (Wildman–Crippen LogP) is 3.98. The van der Waals surface area contributed by atoms with Gasteiger partial charge in [-0.15, -0.1) is 11.8 Å². The topological polar surface area (TPSA) is 66.4 Å². The number of aromatic nitrogens is 2. The van der Waals surface area contributed by atoms with Gasteiger partial charge in [0, 0.05) is 25.4 Å². The molecule has 0 aliphatic carbocycles. The number of fused-ring (bicyclic) bond motifs is 1. The quantitative estimate of drug-likeness (QED) is 0.596. The Balaban J connectivity index is 1.40. The molecule has 1 aromatic heterocycles. The summed E-state index contributed by atoms with van der Waals surface area (Å²) in [6.07, 6.45) is 3.37. The molecule has 3 heterocycles. The fourth-order valence-electron chi connectivity index (χ4n) is 4.62. The van der Waals surface area contributed by atoms with Crippen LogP contribution in [0.2, 0.25) is 0 Å². The van der Waals surface area contributed by atoms with Crippen LogP contribution in [0.1, 0.15) is 24.0 Å². The minimum atomic E-state index is -3.54. The van der Waals surface area contributed by atoms with Crippen molar-refractivity contribution in [1.82, 2.24) is 14.3 Å². The molecule has 0 atom stereocenters. The number of sulfonamides is 1. The molecule has 3 aromatic rings. The molecule has 0 amide bonds. The zero-order valence-corrected chi connectivity index (χ0v) is 19.4. The first-order chi connectivity index (χ1) is 14.9. The van der Waals surface area contributed by atoms with E-state index in [-0.39, 0.29) is 4.87 Å². The number of benzene rings is 2. The lowest BCUT2D eigenvalue weighted by atomic mass is 10.0. The highest BCUT2D eigenvalue weighted by atomic mass is 32.2. The van der Waals surface area contributed by atoms with Crippen LogP contribution in [0.5, 0.6) is 0 Å². The number of aryl methyl sites for hydroxylation is 2. The van der Waals surface area contributed by atoms with Gasteiger partial charge in [-0.1, -0.05) is 24.3 Å². The Morgan fingerprint density at radius 1 is 1.00 bits per heavy atom. The number of piperidine rings is 1. The van der Waals surface area contributed by atoms with Gasteiger partial charge in [0.1, 0.15) is 5.82 Å². The van der Waals surface area contributed by atoms with Crippen molar-refractivity contribution in [2.75, 3.05) is 30.3 Å². The maximum atomic E-state index is 13.7. The molecule has 2 aliphatic rings. The van der Waals surface area contributed by atoms with Gasteiger partial charge in [0.2, 0.25) is 10.0 Å². The fourth-order valence-corrected chi connectivity index (χ4v) is 8.54. The molecule has 2 saturated heterocycles. The molecule has 1 spiro atoms. The van der Waals surface area contributed by atoms with Crippen LogP contribution in [0.15, 0.2) is 53.6 Å². The van der Waals surface area contributed by atoms with Crippen LogP contribution in [0.3, 0.4) is 0 Å². The second-order valence-corrected chi connectivity index (χ2v) is 11.6. The van der Waals surface area contributed by atoms with Gasteiger partial charge in [0.05, 0.1) is 27.0 Å². The fraction of sp³-hybridized carbons (Fsp3) is 0.391. The maximum absolute atomic E-state index is 13.7. The lowest BCUT2D eigenvalue weighted by molar-refractivity contribution is 0.266. The van der Waals surface area contributed by atoms with Crippen LogP contribution >= 0.6 is 11.8 Å². The number of para-hydroxylation sites is 2. The molecular weight excluding hydrogens is 428 g/mol. The normalized spacial score (nSPS) is 19.4. The van der Waals surface area contributed by atoms with Gasteiger partial charge in [0.15, 0.2) is 0 Å². The van der Waals surface area contributed by atoms with Gasteiger partial charge >= 0.3 is 0 Å².